The largest absolute Gasteiger partial charge is 0.323 e. The van der Waals surface area contributed by atoms with Gasteiger partial charge in [0.2, 0.25) is 5.91 Å². The van der Waals surface area contributed by atoms with Gasteiger partial charge in [0.1, 0.15) is 0 Å². The Morgan fingerprint density at radius 2 is 2.41 bits per heavy atom. The van der Waals surface area contributed by atoms with Gasteiger partial charge in [-0.15, -0.1) is 0 Å². The van der Waals surface area contributed by atoms with Gasteiger partial charge in [-0.05, 0) is 33.2 Å². The second kappa shape index (κ2) is 4.87. The smallest absolute Gasteiger partial charge is 0.227 e. The van der Waals surface area contributed by atoms with Crippen LogP contribution in [-0.2, 0) is 11.8 Å². The SMILES string of the molecule is Cc1nn(C)cc1NC(=O)C1CCNC(C)C1. The van der Waals surface area contributed by atoms with Crippen LogP contribution in [0.1, 0.15) is 25.5 Å². The molecular formula is C12H20N4O. The molecule has 17 heavy (non-hydrogen) atoms. The van der Waals surface area contributed by atoms with E-state index in [2.05, 4.69) is 22.7 Å². The predicted molar refractivity (Wildman–Crippen MR) is 66.8 cm³/mol. The van der Waals surface area contributed by atoms with Gasteiger partial charge in [-0.1, -0.05) is 0 Å². The van der Waals surface area contributed by atoms with Crippen molar-refractivity contribution in [2.45, 2.75) is 32.7 Å². The van der Waals surface area contributed by atoms with Crippen LogP contribution in [0.3, 0.4) is 0 Å². The molecule has 1 aliphatic heterocycles. The van der Waals surface area contributed by atoms with Gasteiger partial charge in [0, 0.05) is 25.2 Å². The van der Waals surface area contributed by atoms with Crippen molar-refractivity contribution in [1.29, 1.82) is 0 Å². The van der Waals surface area contributed by atoms with Crippen LogP contribution >= 0.6 is 0 Å². The lowest BCUT2D eigenvalue weighted by atomic mass is 9.92. The molecule has 2 N–H and O–H groups in total. The van der Waals surface area contributed by atoms with Crippen LogP contribution in [0.5, 0.6) is 0 Å². The third-order valence-electron chi connectivity index (χ3n) is 3.27. The van der Waals surface area contributed by atoms with Crippen LogP contribution in [0.25, 0.3) is 0 Å². The molecule has 0 aliphatic carbocycles. The van der Waals surface area contributed by atoms with E-state index in [-0.39, 0.29) is 11.8 Å². The van der Waals surface area contributed by atoms with Gasteiger partial charge in [-0.3, -0.25) is 9.48 Å². The summed E-state index contributed by atoms with van der Waals surface area (Å²) in [5.41, 5.74) is 1.69. The number of rotatable bonds is 2. The van der Waals surface area contributed by atoms with Gasteiger partial charge in [-0.2, -0.15) is 5.10 Å². The number of nitrogens with one attached hydrogen (secondary N) is 2. The highest BCUT2D eigenvalue weighted by Gasteiger charge is 2.25. The topological polar surface area (TPSA) is 59.0 Å². The van der Waals surface area contributed by atoms with Gasteiger partial charge in [0.15, 0.2) is 0 Å². The summed E-state index contributed by atoms with van der Waals surface area (Å²) in [7, 11) is 1.86. The monoisotopic (exact) mass is 236 g/mol. The summed E-state index contributed by atoms with van der Waals surface area (Å²) in [6, 6.07) is 0.425. The summed E-state index contributed by atoms with van der Waals surface area (Å²) < 4.78 is 1.72. The van der Waals surface area contributed by atoms with Crippen molar-refractivity contribution < 1.29 is 4.79 Å². The van der Waals surface area contributed by atoms with E-state index in [9.17, 15) is 4.79 Å². The molecule has 5 heteroatoms. The van der Waals surface area contributed by atoms with E-state index in [0.29, 0.717) is 6.04 Å². The highest BCUT2D eigenvalue weighted by Crippen LogP contribution is 2.19. The van der Waals surface area contributed by atoms with Crippen LogP contribution in [0.15, 0.2) is 6.20 Å². The van der Waals surface area contributed by atoms with Crippen molar-refractivity contribution in [1.82, 2.24) is 15.1 Å². The molecule has 0 radical (unpaired) electrons. The Bertz CT molecular complexity index is 413. The molecule has 1 fully saturated rings. The van der Waals surface area contributed by atoms with E-state index < -0.39 is 0 Å². The van der Waals surface area contributed by atoms with Gasteiger partial charge in [-0.25, -0.2) is 0 Å². The van der Waals surface area contributed by atoms with Crippen LogP contribution in [0.4, 0.5) is 5.69 Å². The van der Waals surface area contributed by atoms with Gasteiger partial charge < -0.3 is 10.6 Å². The molecule has 2 unspecified atom stereocenters. The Morgan fingerprint density at radius 3 is 3.00 bits per heavy atom. The lowest BCUT2D eigenvalue weighted by molar-refractivity contribution is -0.120. The normalized spacial score (nSPS) is 24.6. The maximum absolute atomic E-state index is 12.1. The molecular weight excluding hydrogens is 216 g/mol. The van der Waals surface area contributed by atoms with Crippen LogP contribution in [0.2, 0.25) is 0 Å². The summed E-state index contributed by atoms with van der Waals surface area (Å²) in [6.45, 7) is 4.95. The van der Waals surface area contributed by atoms with Gasteiger partial charge in [0.05, 0.1) is 11.4 Å². The molecule has 2 rings (SSSR count). The van der Waals surface area contributed by atoms with E-state index in [1.165, 1.54) is 0 Å². The van der Waals surface area contributed by atoms with Crippen LogP contribution in [0, 0.1) is 12.8 Å². The van der Waals surface area contributed by atoms with Gasteiger partial charge >= 0.3 is 0 Å². The van der Waals surface area contributed by atoms with E-state index in [1.807, 2.05) is 20.2 Å². The number of nitrogens with zero attached hydrogens (tertiary/aromatic N) is 2. The summed E-state index contributed by atoms with van der Waals surface area (Å²) in [5, 5.41) is 10.5. The second-order valence-corrected chi connectivity index (χ2v) is 4.87. The average molecular weight is 236 g/mol. The molecule has 2 heterocycles. The number of piperidine rings is 1. The maximum atomic E-state index is 12.1. The maximum Gasteiger partial charge on any atom is 0.227 e. The third kappa shape index (κ3) is 2.85. The van der Waals surface area contributed by atoms with E-state index in [1.54, 1.807) is 4.68 Å². The predicted octanol–water partition coefficient (Wildman–Crippen LogP) is 1.06. The first kappa shape index (κ1) is 12.1. The number of carbonyl (C=O) groups excluding carboxylic acids is 1. The first-order valence-electron chi connectivity index (χ1n) is 6.10. The molecule has 0 bridgehead atoms. The Hall–Kier alpha value is -1.36. The Balaban J connectivity index is 1.99. The van der Waals surface area contributed by atoms with E-state index in [4.69, 9.17) is 0 Å². The number of amides is 1. The lowest BCUT2D eigenvalue weighted by Gasteiger charge is -2.26. The fourth-order valence-corrected chi connectivity index (χ4v) is 2.33. The van der Waals surface area contributed by atoms with Crippen molar-refractivity contribution in [3.63, 3.8) is 0 Å². The number of anilines is 1. The molecule has 0 saturated carbocycles. The first-order valence-corrected chi connectivity index (χ1v) is 6.10. The van der Waals surface area contributed by atoms with E-state index in [0.717, 1.165) is 30.8 Å². The molecule has 1 aromatic heterocycles. The standard InChI is InChI=1S/C12H20N4O/c1-8-6-10(4-5-13-8)12(17)14-11-7-16(3)15-9(11)2/h7-8,10,13H,4-6H2,1-3H3,(H,14,17). The Kier molecular flexibility index (Phi) is 3.47. The van der Waals surface area contributed by atoms with Crippen molar-refractivity contribution in [2.24, 2.45) is 13.0 Å². The summed E-state index contributed by atoms with van der Waals surface area (Å²) in [4.78, 5) is 12.1. The average Bonchev–Trinajstić information content (AvgIpc) is 2.57. The van der Waals surface area contributed by atoms with Crippen molar-refractivity contribution in [3.05, 3.63) is 11.9 Å². The number of hydrogen-bond donors (Lipinski definition) is 2. The Morgan fingerprint density at radius 1 is 1.65 bits per heavy atom. The molecule has 1 aliphatic rings. The Labute approximate surface area is 102 Å². The second-order valence-electron chi connectivity index (χ2n) is 4.87. The summed E-state index contributed by atoms with van der Waals surface area (Å²) in [6.07, 6.45) is 3.67. The number of aryl methyl sites for hydroxylation is 2. The van der Waals surface area contributed by atoms with Crippen molar-refractivity contribution in [3.8, 4) is 0 Å². The first-order chi connectivity index (χ1) is 8.06. The molecule has 5 nitrogen and oxygen atoms in total. The molecule has 0 aromatic carbocycles. The highest BCUT2D eigenvalue weighted by atomic mass is 16.1. The lowest BCUT2D eigenvalue weighted by Crippen LogP contribution is -2.40. The zero-order valence-electron chi connectivity index (χ0n) is 10.7. The molecule has 0 spiro atoms. The molecule has 94 valence electrons. The van der Waals surface area contributed by atoms with Crippen molar-refractivity contribution >= 4 is 11.6 Å². The van der Waals surface area contributed by atoms with Crippen molar-refractivity contribution in [2.75, 3.05) is 11.9 Å². The summed E-state index contributed by atoms with van der Waals surface area (Å²) in [5.74, 6) is 0.236. The number of carbonyl (C=O) groups is 1. The number of aromatic nitrogens is 2. The minimum atomic E-state index is 0.117. The molecule has 2 atom stereocenters. The highest BCUT2D eigenvalue weighted by molar-refractivity contribution is 5.93. The quantitative estimate of drug-likeness (QED) is 0.807. The zero-order valence-corrected chi connectivity index (χ0v) is 10.7. The van der Waals surface area contributed by atoms with Crippen LogP contribution < -0.4 is 10.6 Å². The molecule has 1 saturated heterocycles. The van der Waals surface area contributed by atoms with Crippen LogP contribution in [-0.4, -0.2) is 28.3 Å². The molecule has 1 aromatic rings. The minimum Gasteiger partial charge on any atom is -0.323 e. The number of hydrogen-bond acceptors (Lipinski definition) is 3. The van der Waals surface area contributed by atoms with Gasteiger partial charge in [0.25, 0.3) is 0 Å². The van der Waals surface area contributed by atoms with E-state index >= 15 is 0 Å². The zero-order chi connectivity index (χ0) is 12.4. The minimum absolute atomic E-state index is 0.117. The fourth-order valence-electron chi connectivity index (χ4n) is 2.33. The third-order valence-corrected chi connectivity index (χ3v) is 3.27. The fraction of sp³-hybridized carbons (Fsp3) is 0.667. The molecule has 1 amide bonds. The summed E-state index contributed by atoms with van der Waals surface area (Å²) >= 11 is 0.